The van der Waals surface area contributed by atoms with Crippen LogP contribution in [0.2, 0.25) is 5.02 Å². The van der Waals surface area contributed by atoms with Gasteiger partial charge in [0.2, 0.25) is 0 Å². The average molecular weight is 296 g/mol. The highest BCUT2D eigenvalue weighted by Gasteiger charge is 2.17. The van der Waals surface area contributed by atoms with E-state index in [0.29, 0.717) is 6.54 Å². The van der Waals surface area contributed by atoms with E-state index >= 15 is 0 Å². The Kier molecular flexibility index (Phi) is 3.99. The van der Waals surface area contributed by atoms with Crippen molar-refractivity contribution in [2.75, 3.05) is 0 Å². The van der Waals surface area contributed by atoms with Crippen LogP contribution in [-0.4, -0.2) is 20.7 Å². The van der Waals surface area contributed by atoms with Crippen LogP contribution in [0.15, 0.2) is 30.6 Å². The highest BCUT2D eigenvalue weighted by atomic mass is 35.5. The van der Waals surface area contributed by atoms with Gasteiger partial charge in [-0.1, -0.05) is 11.6 Å². The largest absolute Gasteiger partial charge is 0.420 e. The summed E-state index contributed by atoms with van der Waals surface area (Å²) >= 11 is 5.84. The third kappa shape index (κ3) is 2.94. The number of non-ortho nitro benzene ring substituents is 1. The fourth-order valence-corrected chi connectivity index (χ4v) is 1.77. The zero-order valence-corrected chi connectivity index (χ0v) is 11.2. The van der Waals surface area contributed by atoms with Crippen LogP contribution in [0.1, 0.15) is 17.3 Å². The van der Waals surface area contributed by atoms with Crippen molar-refractivity contribution in [3.63, 3.8) is 0 Å². The first-order chi connectivity index (χ1) is 9.51. The minimum Gasteiger partial charge on any atom is -0.420 e. The molecular formula is C12H10ClN3O4. The summed E-state index contributed by atoms with van der Waals surface area (Å²) in [6.45, 7) is 2.54. The van der Waals surface area contributed by atoms with Gasteiger partial charge in [0.15, 0.2) is 5.75 Å². The van der Waals surface area contributed by atoms with Crippen LogP contribution < -0.4 is 4.74 Å². The summed E-state index contributed by atoms with van der Waals surface area (Å²) in [5, 5.41) is 14.5. The van der Waals surface area contributed by atoms with Crippen molar-refractivity contribution in [3.8, 4) is 5.75 Å². The molecule has 0 bridgehead atoms. The molecule has 1 aromatic carbocycles. The van der Waals surface area contributed by atoms with Gasteiger partial charge in [-0.25, -0.2) is 4.79 Å². The van der Waals surface area contributed by atoms with E-state index in [2.05, 4.69) is 5.10 Å². The molecular weight excluding hydrogens is 286 g/mol. The number of aryl methyl sites for hydroxylation is 1. The summed E-state index contributed by atoms with van der Waals surface area (Å²) in [5.41, 5.74) is -0.133. The summed E-state index contributed by atoms with van der Waals surface area (Å²) in [6.07, 6.45) is 2.97. The van der Waals surface area contributed by atoms with Crippen molar-refractivity contribution >= 4 is 23.3 Å². The first kappa shape index (κ1) is 14.0. The number of carbonyl (C=O) groups excluding carboxylic acids is 1. The van der Waals surface area contributed by atoms with Gasteiger partial charge in [0.05, 0.1) is 27.9 Å². The zero-order valence-electron chi connectivity index (χ0n) is 10.4. The van der Waals surface area contributed by atoms with Crippen molar-refractivity contribution in [1.29, 1.82) is 0 Å². The summed E-state index contributed by atoms with van der Waals surface area (Å²) < 4.78 is 6.68. The molecule has 20 heavy (non-hydrogen) atoms. The lowest BCUT2D eigenvalue weighted by atomic mass is 10.2. The number of aromatic nitrogens is 2. The number of ether oxygens (including phenoxy) is 1. The Morgan fingerprint density at radius 3 is 2.85 bits per heavy atom. The Morgan fingerprint density at radius 1 is 1.55 bits per heavy atom. The maximum absolute atomic E-state index is 11.9. The number of halogens is 1. The third-order valence-corrected chi connectivity index (χ3v) is 2.84. The third-order valence-electron chi connectivity index (χ3n) is 2.53. The van der Waals surface area contributed by atoms with Crippen LogP contribution in [0.3, 0.4) is 0 Å². The van der Waals surface area contributed by atoms with Gasteiger partial charge in [0.25, 0.3) is 5.69 Å². The molecule has 0 spiro atoms. The number of rotatable bonds is 4. The maximum Gasteiger partial charge on any atom is 0.345 e. The number of carbonyl (C=O) groups is 1. The Hall–Kier alpha value is -2.41. The van der Waals surface area contributed by atoms with Gasteiger partial charge in [0.1, 0.15) is 0 Å². The first-order valence-corrected chi connectivity index (χ1v) is 6.07. The SMILES string of the molecule is CCn1cc(OC(=O)c2ccc([N+](=O)[O-])cc2Cl)cn1. The Labute approximate surface area is 118 Å². The number of nitro benzene ring substituents is 1. The first-order valence-electron chi connectivity index (χ1n) is 5.70. The molecule has 0 radical (unpaired) electrons. The van der Waals surface area contributed by atoms with E-state index in [-0.39, 0.29) is 22.0 Å². The van der Waals surface area contributed by atoms with Crippen LogP contribution in [0.25, 0.3) is 0 Å². The van der Waals surface area contributed by atoms with E-state index in [4.69, 9.17) is 16.3 Å². The van der Waals surface area contributed by atoms with Crippen molar-refractivity contribution in [1.82, 2.24) is 9.78 Å². The minimum absolute atomic E-state index is 0.0351. The molecule has 0 atom stereocenters. The van der Waals surface area contributed by atoms with Gasteiger partial charge >= 0.3 is 5.97 Å². The molecule has 1 heterocycles. The number of nitrogens with zero attached hydrogens (tertiary/aromatic N) is 3. The molecule has 0 fully saturated rings. The van der Waals surface area contributed by atoms with Gasteiger partial charge in [-0.05, 0) is 13.0 Å². The number of benzene rings is 1. The second-order valence-corrected chi connectivity index (χ2v) is 4.25. The molecule has 0 N–H and O–H groups in total. The molecule has 0 saturated heterocycles. The summed E-state index contributed by atoms with van der Waals surface area (Å²) in [6, 6.07) is 3.55. The smallest absolute Gasteiger partial charge is 0.345 e. The van der Waals surface area contributed by atoms with E-state index in [1.165, 1.54) is 18.3 Å². The topological polar surface area (TPSA) is 87.3 Å². The monoisotopic (exact) mass is 295 g/mol. The van der Waals surface area contributed by atoms with Gasteiger partial charge in [-0.15, -0.1) is 0 Å². The second kappa shape index (κ2) is 5.70. The molecule has 0 aliphatic heterocycles. The van der Waals surface area contributed by atoms with E-state index in [1.807, 2.05) is 6.92 Å². The van der Waals surface area contributed by atoms with E-state index in [9.17, 15) is 14.9 Å². The van der Waals surface area contributed by atoms with E-state index < -0.39 is 10.9 Å². The molecule has 2 rings (SSSR count). The predicted octanol–water partition coefficient (Wildman–Crippen LogP) is 2.68. The van der Waals surface area contributed by atoms with E-state index in [1.54, 1.807) is 10.9 Å². The number of esters is 1. The van der Waals surface area contributed by atoms with Crippen molar-refractivity contribution in [2.45, 2.75) is 13.5 Å². The molecule has 0 amide bonds. The standard InChI is InChI=1S/C12H10ClN3O4/c1-2-15-7-9(6-14-15)20-12(17)10-4-3-8(16(18)19)5-11(10)13/h3-7H,2H2,1H3. The molecule has 0 aliphatic carbocycles. The van der Waals surface area contributed by atoms with Gasteiger partial charge in [0, 0.05) is 18.7 Å². The van der Waals surface area contributed by atoms with Crippen LogP contribution >= 0.6 is 11.6 Å². The Balaban J connectivity index is 2.18. The highest BCUT2D eigenvalue weighted by molar-refractivity contribution is 6.33. The van der Waals surface area contributed by atoms with Crippen LogP contribution in [0.4, 0.5) is 5.69 Å². The second-order valence-electron chi connectivity index (χ2n) is 3.84. The fourth-order valence-electron chi connectivity index (χ4n) is 1.52. The lowest BCUT2D eigenvalue weighted by Crippen LogP contribution is -2.09. The summed E-state index contributed by atoms with van der Waals surface area (Å²) in [7, 11) is 0. The van der Waals surface area contributed by atoms with Gasteiger partial charge in [-0.3, -0.25) is 14.8 Å². The number of hydrogen-bond acceptors (Lipinski definition) is 5. The van der Waals surface area contributed by atoms with Crippen LogP contribution in [0, 0.1) is 10.1 Å². The summed E-state index contributed by atoms with van der Waals surface area (Å²) in [4.78, 5) is 21.9. The van der Waals surface area contributed by atoms with Gasteiger partial charge in [-0.2, -0.15) is 5.10 Å². The molecule has 7 nitrogen and oxygen atoms in total. The fraction of sp³-hybridized carbons (Fsp3) is 0.167. The number of nitro groups is 1. The van der Waals surface area contributed by atoms with Crippen molar-refractivity contribution in [3.05, 3.63) is 51.3 Å². The average Bonchev–Trinajstić information content (AvgIpc) is 2.85. The molecule has 0 aliphatic rings. The van der Waals surface area contributed by atoms with Crippen molar-refractivity contribution < 1.29 is 14.5 Å². The Morgan fingerprint density at radius 2 is 2.30 bits per heavy atom. The summed E-state index contributed by atoms with van der Waals surface area (Å²) in [5.74, 6) is -0.410. The van der Waals surface area contributed by atoms with Crippen molar-refractivity contribution in [2.24, 2.45) is 0 Å². The number of hydrogen-bond donors (Lipinski definition) is 0. The van der Waals surface area contributed by atoms with Crippen LogP contribution in [0.5, 0.6) is 5.75 Å². The maximum atomic E-state index is 11.9. The molecule has 104 valence electrons. The lowest BCUT2D eigenvalue weighted by molar-refractivity contribution is -0.384. The molecule has 2 aromatic rings. The highest BCUT2D eigenvalue weighted by Crippen LogP contribution is 2.23. The molecule has 1 aromatic heterocycles. The molecule has 8 heteroatoms. The van der Waals surface area contributed by atoms with E-state index in [0.717, 1.165) is 6.07 Å². The molecule has 0 saturated carbocycles. The predicted molar refractivity (Wildman–Crippen MR) is 71.0 cm³/mol. The molecule has 0 unspecified atom stereocenters. The van der Waals surface area contributed by atoms with Gasteiger partial charge < -0.3 is 4.74 Å². The zero-order chi connectivity index (χ0) is 14.7. The lowest BCUT2D eigenvalue weighted by Gasteiger charge is -2.03. The minimum atomic E-state index is -0.694. The quantitative estimate of drug-likeness (QED) is 0.491. The normalized spacial score (nSPS) is 10.3. The van der Waals surface area contributed by atoms with Crippen LogP contribution in [-0.2, 0) is 6.54 Å². The Bertz CT molecular complexity index is 668.